The molecule has 6 nitrogen and oxygen atoms in total. The maximum absolute atomic E-state index is 6.14. The van der Waals surface area contributed by atoms with Gasteiger partial charge in [-0.05, 0) is 44.5 Å². The lowest BCUT2D eigenvalue weighted by Gasteiger charge is -2.11. The number of rotatable bonds is 9. The standard InChI is InChI=1S/C24H24ClN3O3/c1-3-29-20-7-4-5-8-21(20)30-16-6-9-22-23(18-10-12-19(25)13-11-18)27-24(31-22)28-15-14-26-17(28)2/h4-5,7-8,10-15H,3,6,9,16H2,1-2H3. The molecule has 0 unspecified atom stereocenters. The van der Waals surface area contributed by atoms with Crippen LogP contribution in [0.3, 0.4) is 0 Å². The highest BCUT2D eigenvalue weighted by atomic mass is 35.5. The van der Waals surface area contributed by atoms with Crippen molar-refractivity contribution in [3.8, 4) is 28.8 Å². The summed E-state index contributed by atoms with van der Waals surface area (Å²) in [6, 6.07) is 15.8. The average molecular weight is 438 g/mol. The second-order valence-electron chi connectivity index (χ2n) is 6.95. The minimum atomic E-state index is 0.498. The van der Waals surface area contributed by atoms with Crippen molar-refractivity contribution in [3.05, 3.63) is 77.5 Å². The van der Waals surface area contributed by atoms with E-state index in [0.717, 1.165) is 40.8 Å². The first kappa shape index (κ1) is 21.0. The molecular formula is C24H24ClN3O3. The van der Waals surface area contributed by atoms with Crippen LogP contribution in [0, 0.1) is 6.92 Å². The van der Waals surface area contributed by atoms with Gasteiger partial charge in [0.2, 0.25) is 0 Å². The maximum atomic E-state index is 6.14. The molecule has 2 heterocycles. The summed E-state index contributed by atoms with van der Waals surface area (Å²) in [5.74, 6) is 3.11. The van der Waals surface area contributed by atoms with Crippen molar-refractivity contribution in [1.29, 1.82) is 0 Å². The third-order valence-corrected chi connectivity index (χ3v) is 5.04. The molecule has 4 aromatic rings. The quantitative estimate of drug-likeness (QED) is 0.305. The Kier molecular flexibility index (Phi) is 6.57. The molecule has 2 aromatic carbocycles. The summed E-state index contributed by atoms with van der Waals surface area (Å²) in [4.78, 5) is 9.00. The van der Waals surface area contributed by atoms with Crippen molar-refractivity contribution >= 4 is 11.6 Å². The fraction of sp³-hybridized carbons (Fsp3) is 0.250. The molecule has 31 heavy (non-hydrogen) atoms. The van der Waals surface area contributed by atoms with Crippen molar-refractivity contribution in [3.63, 3.8) is 0 Å². The molecule has 0 bridgehead atoms. The number of halogens is 1. The van der Waals surface area contributed by atoms with Crippen molar-refractivity contribution in [2.45, 2.75) is 26.7 Å². The minimum Gasteiger partial charge on any atom is -0.490 e. The number of ether oxygens (including phenoxy) is 2. The Labute approximate surface area is 186 Å². The molecule has 7 heteroatoms. The van der Waals surface area contributed by atoms with E-state index >= 15 is 0 Å². The molecule has 0 saturated carbocycles. The van der Waals surface area contributed by atoms with Gasteiger partial charge in [-0.2, -0.15) is 4.98 Å². The van der Waals surface area contributed by atoms with Crippen LogP contribution in [0.15, 0.2) is 65.3 Å². The molecule has 0 saturated heterocycles. The molecule has 0 spiro atoms. The predicted molar refractivity (Wildman–Crippen MR) is 120 cm³/mol. The van der Waals surface area contributed by atoms with E-state index in [1.54, 1.807) is 6.20 Å². The predicted octanol–water partition coefficient (Wildman–Crippen LogP) is 5.90. The Balaban J connectivity index is 1.51. The van der Waals surface area contributed by atoms with E-state index in [1.165, 1.54) is 0 Å². The van der Waals surface area contributed by atoms with E-state index in [2.05, 4.69) is 4.98 Å². The number of oxazole rings is 1. The van der Waals surface area contributed by atoms with Crippen LogP contribution < -0.4 is 9.47 Å². The summed E-state index contributed by atoms with van der Waals surface area (Å²) in [7, 11) is 0. The zero-order valence-corrected chi connectivity index (χ0v) is 18.3. The fourth-order valence-electron chi connectivity index (χ4n) is 3.28. The number of aryl methyl sites for hydroxylation is 2. The molecule has 0 atom stereocenters. The van der Waals surface area contributed by atoms with Gasteiger partial charge in [0, 0.05) is 29.4 Å². The van der Waals surface area contributed by atoms with Crippen molar-refractivity contribution in [2.24, 2.45) is 0 Å². The monoisotopic (exact) mass is 437 g/mol. The zero-order chi connectivity index (χ0) is 21.6. The topological polar surface area (TPSA) is 62.3 Å². The number of benzene rings is 2. The van der Waals surface area contributed by atoms with E-state index in [1.807, 2.05) is 73.1 Å². The van der Waals surface area contributed by atoms with Gasteiger partial charge in [0.05, 0.1) is 13.2 Å². The molecular weight excluding hydrogens is 414 g/mol. The molecule has 160 valence electrons. The van der Waals surface area contributed by atoms with Crippen LogP contribution in [0.25, 0.3) is 17.3 Å². The second kappa shape index (κ2) is 9.71. The van der Waals surface area contributed by atoms with Crippen LogP contribution in [-0.2, 0) is 6.42 Å². The third-order valence-electron chi connectivity index (χ3n) is 4.79. The van der Waals surface area contributed by atoms with E-state index in [4.69, 9.17) is 30.5 Å². The minimum absolute atomic E-state index is 0.498. The number of hydrogen-bond acceptors (Lipinski definition) is 5. The lowest BCUT2D eigenvalue weighted by molar-refractivity contribution is 0.271. The van der Waals surface area contributed by atoms with Crippen molar-refractivity contribution < 1.29 is 13.9 Å². The molecule has 4 rings (SSSR count). The summed E-state index contributed by atoms with van der Waals surface area (Å²) < 4.78 is 19.5. The lowest BCUT2D eigenvalue weighted by Crippen LogP contribution is -2.02. The van der Waals surface area contributed by atoms with Gasteiger partial charge < -0.3 is 13.9 Å². The SMILES string of the molecule is CCOc1ccccc1OCCCc1oc(-n2ccnc2C)nc1-c1ccc(Cl)cc1. The highest BCUT2D eigenvalue weighted by Gasteiger charge is 2.17. The number of nitrogens with zero attached hydrogens (tertiary/aromatic N) is 3. The fourth-order valence-corrected chi connectivity index (χ4v) is 3.41. The molecule has 0 aliphatic rings. The molecule has 0 N–H and O–H groups in total. The first-order valence-corrected chi connectivity index (χ1v) is 10.6. The van der Waals surface area contributed by atoms with Crippen LogP contribution in [0.5, 0.6) is 11.5 Å². The van der Waals surface area contributed by atoms with Crippen molar-refractivity contribution in [2.75, 3.05) is 13.2 Å². The Morgan fingerprint density at radius 2 is 1.77 bits per heavy atom. The summed E-state index contributed by atoms with van der Waals surface area (Å²) in [6.07, 6.45) is 5.00. The first-order valence-electron chi connectivity index (χ1n) is 10.3. The highest BCUT2D eigenvalue weighted by molar-refractivity contribution is 6.30. The van der Waals surface area contributed by atoms with Gasteiger partial charge in [0.1, 0.15) is 17.3 Å². The zero-order valence-electron chi connectivity index (χ0n) is 17.5. The number of imidazole rings is 1. The van der Waals surface area contributed by atoms with Crippen LogP contribution in [0.2, 0.25) is 5.02 Å². The third kappa shape index (κ3) is 4.91. The molecule has 0 amide bonds. The van der Waals surface area contributed by atoms with E-state index in [9.17, 15) is 0 Å². The average Bonchev–Trinajstić information content (AvgIpc) is 3.39. The Bertz CT molecular complexity index is 1140. The molecule has 0 radical (unpaired) electrons. The van der Waals surface area contributed by atoms with Gasteiger partial charge in [-0.15, -0.1) is 0 Å². The van der Waals surface area contributed by atoms with Gasteiger partial charge >= 0.3 is 6.01 Å². The van der Waals surface area contributed by atoms with E-state index in [-0.39, 0.29) is 0 Å². The molecule has 0 aliphatic heterocycles. The summed E-state index contributed by atoms with van der Waals surface area (Å²) >= 11 is 6.06. The molecule has 2 aromatic heterocycles. The van der Waals surface area contributed by atoms with Crippen LogP contribution in [-0.4, -0.2) is 27.7 Å². The summed E-state index contributed by atoms with van der Waals surface area (Å²) in [5.41, 5.74) is 1.75. The number of para-hydroxylation sites is 2. The Hall–Kier alpha value is -3.25. The van der Waals surface area contributed by atoms with Gasteiger partial charge in [-0.1, -0.05) is 35.9 Å². The summed E-state index contributed by atoms with van der Waals surface area (Å²) in [5, 5.41) is 0.681. The smallest absolute Gasteiger partial charge is 0.307 e. The van der Waals surface area contributed by atoms with E-state index < -0.39 is 0 Å². The van der Waals surface area contributed by atoms with Gasteiger partial charge in [-0.3, -0.25) is 4.57 Å². The molecule has 0 aliphatic carbocycles. The number of hydrogen-bond donors (Lipinski definition) is 0. The Morgan fingerprint density at radius 3 is 2.45 bits per heavy atom. The van der Waals surface area contributed by atoms with Crippen LogP contribution in [0.1, 0.15) is 24.9 Å². The van der Waals surface area contributed by atoms with Gasteiger partial charge in [0.25, 0.3) is 0 Å². The highest BCUT2D eigenvalue weighted by Crippen LogP contribution is 2.29. The van der Waals surface area contributed by atoms with Crippen LogP contribution in [0.4, 0.5) is 0 Å². The van der Waals surface area contributed by atoms with Gasteiger partial charge in [0.15, 0.2) is 11.5 Å². The second-order valence-corrected chi connectivity index (χ2v) is 7.39. The lowest BCUT2D eigenvalue weighted by atomic mass is 10.1. The largest absolute Gasteiger partial charge is 0.490 e. The van der Waals surface area contributed by atoms with E-state index in [0.29, 0.717) is 30.7 Å². The first-order chi connectivity index (χ1) is 15.2. The number of aromatic nitrogens is 3. The maximum Gasteiger partial charge on any atom is 0.307 e. The van der Waals surface area contributed by atoms with Crippen molar-refractivity contribution in [1.82, 2.24) is 14.5 Å². The van der Waals surface area contributed by atoms with Crippen LogP contribution >= 0.6 is 11.6 Å². The summed E-state index contributed by atoms with van der Waals surface area (Å²) in [6.45, 7) is 5.00. The normalized spacial score (nSPS) is 10.9. The van der Waals surface area contributed by atoms with Gasteiger partial charge in [-0.25, -0.2) is 4.98 Å². The molecule has 0 fully saturated rings. The Morgan fingerprint density at radius 1 is 1.03 bits per heavy atom.